The highest BCUT2D eigenvalue weighted by molar-refractivity contribution is 5.35. The van der Waals surface area contributed by atoms with Crippen LogP contribution >= 0.6 is 0 Å². The molecule has 0 aromatic heterocycles. The highest BCUT2D eigenvalue weighted by atomic mass is 16.3. The summed E-state index contributed by atoms with van der Waals surface area (Å²) in [5.74, 6) is 3.23. The molecule has 5 rings (SSSR count). The summed E-state index contributed by atoms with van der Waals surface area (Å²) in [6.07, 6.45) is 11.5. The number of hydrogen-bond acceptors (Lipinski definition) is 2. The fourth-order valence-corrected chi connectivity index (χ4v) is 11.3. The van der Waals surface area contributed by atoms with Crippen molar-refractivity contribution in [3.8, 4) is 0 Å². The van der Waals surface area contributed by atoms with Gasteiger partial charge in [0.15, 0.2) is 0 Å². The van der Waals surface area contributed by atoms with E-state index >= 15 is 0 Å². The molecule has 0 spiro atoms. The third kappa shape index (κ3) is 2.55. The second kappa shape index (κ2) is 6.87. The van der Waals surface area contributed by atoms with Crippen molar-refractivity contribution < 1.29 is 10.2 Å². The van der Waals surface area contributed by atoms with Crippen molar-refractivity contribution in [3.63, 3.8) is 0 Å². The quantitative estimate of drug-likeness (QED) is 0.429. The molecule has 0 bridgehead atoms. The molecule has 0 aliphatic heterocycles. The number of aliphatic hydroxyl groups excluding tert-OH is 2. The van der Waals surface area contributed by atoms with Gasteiger partial charge in [0.25, 0.3) is 0 Å². The van der Waals surface area contributed by atoms with Gasteiger partial charge in [-0.15, -0.1) is 0 Å². The van der Waals surface area contributed by atoms with Crippen LogP contribution in [0.15, 0.2) is 11.6 Å². The van der Waals surface area contributed by atoms with Crippen LogP contribution < -0.4 is 0 Å². The highest BCUT2D eigenvalue weighted by Crippen LogP contribution is 2.76. The Labute approximate surface area is 197 Å². The Bertz CT molecular complexity index is 812. The van der Waals surface area contributed by atoms with Gasteiger partial charge in [-0.1, -0.05) is 67.0 Å². The monoisotopic (exact) mass is 442 g/mol. The van der Waals surface area contributed by atoms with E-state index in [-0.39, 0.29) is 33.9 Å². The first kappa shape index (κ1) is 23.4. The lowest BCUT2D eigenvalue weighted by molar-refractivity contribution is -0.200. The third-order valence-corrected chi connectivity index (χ3v) is 13.3. The molecule has 0 saturated heterocycles. The zero-order chi connectivity index (χ0) is 23.5. The van der Waals surface area contributed by atoms with Gasteiger partial charge in [0.05, 0.1) is 12.2 Å². The molecule has 4 fully saturated rings. The Morgan fingerprint density at radius 1 is 0.812 bits per heavy atom. The van der Waals surface area contributed by atoms with Crippen LogP contribution in [0, 0.1) is 56.7 Å². The fourth-order valence-electron chi connectivity index (χ4n) is 11.3. The van der Waals surface area contributed by atoms with Crippen LogP contribution in [0.3, 0.4) is 0 Å². The first-order chi connectivity index (χ1) is 14.7. The second-order valence-corrected chi connectivity index (χ2v) is 14.7. The molecule has 0 aromatic carbocycles. The van der Waals surface area contributed by atoms with Gasteiger partial charge >= 0.3 is 0 Å². The zero-order valence-electron chi connectivity index (χ0n) is 22.2. The lowest BCUT2D eigenvalue weighted by atomic mass is 9.35. The van der Waals surface area contributed by atoms with Crippen molar-refractivity contribution in [2.45, 2.75) is 119 Å². The Morgan fingerprint density at radius 2 is 1.47 bits per heavy atom. The van der Waals surface area contributed by atoms with E-state index in [1.165, 1.54) is 38.5 Å². The molecule has 4 saturated carbocycles. The fraction of sp³-hybridized carbons (Fsp3) is 0.933. The average Bonchev–Trinajstić information content (AvgIpc) is 3.07. The molecule has 5 aliphatic rings. The van der Waals surface area contributed by atoms with Crippen LogP contribution in [-0.4, -0.2) is 22.4 Å². The van der Waals surface area contributed by atoms with Gasteiger partial charge in [-0.05, 0) is 103 Å². The van der Waals surface area contributed by atoms with Gasteiger partial charge in [-0.25, -0.2) is 0 Å². The molecular weight excluding hydrogens is 392 g/mol. The van der Waals surface area contributed by atoms with Crippen molar-refractivity contribution in [1.82, 2.24) is 0 Å². The maximum atomic E-state index is 12.0. The molecular formula is C30H50O2. The molecule has 0 heterocycles. The topological polar surface area (TPSA) is 40.5 Å². The van der Waals surface area contributed by atoms with Crippen molar-refractivity contribution in [1.29, 1.82) is 0 Å². The van der Waals surface area contributed by atoms with Crippen LogP contribution in [-0.2, 0) is 0 Å². The van der Waals surface area contributed by atoms with Crippen molar-refractivity contribution in [2.24, 2.45) is 56.7 Å². The van der Waals surface area contributed by atoms with E-state index in [0.717, 1.165) is 24.7 Å². The standard InChI is InChI=1S/C30H50O2/c1-18(2)19-9-12-23-28(19,6)15-16-29(7)20-10-11-22-26(3,4)24(31)13-14-27(22,5)21(20)17-25(32)30(23,29)8/h17-20,22-25,31-32H,9-16H2,1-8H3/t19-,20-,22-,23-,24-,25+,27-,28-,29-,30-/m1/s1. The minimum atomic E-state index is -0.347. The molecule has 2 N–H and O–H groups in total. The van der Waals surface area contributed by atoms with Crippen molar-refractivity contribution in [2.75, 3.05) is 0 Å². The van der Waals surface area contributed by atoms with Crippen LogP contribution in [0.4, 0.5) is 0 Å². The molecule has 32 heavy (non-hydrogen) atoms. The van der Waals surface area contributed by atoms with E-state index in [1.807, 2.05) is 0 Å². The molecule has 2 nitrogen and oxygen atoms in total. The first-order valence-electron chi connectivity index (χ1n) is 13.8. The molecule has 0 aromatic rings. The highest BCUT2D eigenvalue weighted by Gasteiger charge is 2.70. The average molecular weight is 443 g/mol. The predicted molar refractivity (Wildman–Crippen MR) is 132 cm³/mol. The summed E-state index contributed by atoms with van der Waals surface area (Å²) >= 11 is 0. The van der Waals surface area contributed by atoms with Gasteiger partial charge in [0.1, 0.15) is 0 Å². The minimum Gasteiger partial charge on any atom is -0.393 e. The minimum absolute atomic E-state index is 0.0370. The maximum absolute atomic E-state index is 12.0. The summed E-state index contributed by atoms with van der Waals surface area (Å²) in [5, 5.41) is 22.9. The second-order valence-electron chi connectivity index (χ2n) is 14.7. The number of aliphatic hydroxyl groups is 2. The number of rotatable bonds is 1. The molecule has 182 valence electrons. The van der Waals surface area contributed by atoms with Crippen LogP contribution in [0.5, 0.6) is 0 Å². The summed E-state index contributed by atoms with van der Waals surface area (Å²) in [7, 11) is 0. The van der Waals surface area contributed by atoms with Gasteiger partial charge in [-0.2, -0.15) is 0 Å². The van der Waals surface area contributed by atoms with Crippen molar-refractivity contribution >= 4 is 0 Å². The van der Waals surface area contributed by atoms with E-state index in [2.05, 4.69) is 61.5 Å². The van der Waals surface area contributed by atoms with Crippen LogP contribution in [0.1, 0.15) is 107 Å². The van der Waals surface area contributed by atoms with Crippen LogP contribution in [0.2, 0.25) is 0 Å². The first-order valence-corrected chi connectivity index (χ1v) is 13.8. The summed E-state index contributed by atoms with van der Waals surface area (Å²) in [4.78, 5) is 0. The molecule has 2 heteroatoms. The number of hydrogen-bond donors (Lipinski definition) is 2. The maximum Gasteiger partial charge on any atom is 0.0785 e. The molecule has 10 atom stereocenters. The SMILES string of the molecule is CC(C)[C@H]1CC[C@@H]2[C@]1(C)CC[C@]1(C)[C@@H]3CC[C@@H]4C(C)(C)[C@H](O)CC[C@]4(C)C3=C[C@H](O)[C@@]21C. The Hall–Kier alpha value is -0.340. The van der Waals surface area contributed by atoms with E-state index in [4.69, 9.17) is 0 Å². The van der Waals surface area contributed by atoms with Crippen molar-refractivity contribution in [3.05, 3.63) is 11.6 Å². The largest absolute Gasteiger partial charge is 0.393 e. The van der Waals surface area contributed by atoms with Crippen LogP contribution in [0.25, 0.3) is 0 Å². The Kier molecular flexibility index (Phi) is 5.02. The Morgan fingerprint density at radius 3 is 2.12 bits per heavy atom. The number of allylic oxidation sites excluding steroid dienone is 1. The third-order valence-electron chi connectivity index (χ3n) is 13.3. The van der Waals surface area contributed by atoms with E-state index < -0.39 is 0 Å². The summed E-state index contributed by atoms with van der Waals surface area (Å²) < 4.78 is 0. The number of fused-ring (bicyclic) bond motifs is 7. The normalized spacial score (nSPS) is 56.7. The summed E-state index contributed by atoms with van der Waals surface area (Å²) in [6, 6.07) is 0. The molecule has 0 unspecified atom stereocenters. The smallest absolute Gasteiger partial charge is 0.0785 e. The molecule has 0 radical (unpaired) electrons. The lowest BCUT2D eigenvalue weighted by Crippen LogP contribution is -2.65. The van der Waals surface area contributed by atoms with Gasteiger partial charge in [-0.3, -0.25) is 0 Å². The van der Waals surface area contributed by atoms with Gasteiger partial charge in [0.2, 0.25) is 0 Å². The van der Waals surface area contributed by atoms with E-state index in [1.54, 1.807) is 5.57 Å². The van der Waals surface area contributed by atoms with Gasteiger partial charge in [0, 0.05) is 5.41 Å². The molecule has 0 amide bonds. The van der Waals surface area contributed by atoms with Gasteiger partial charge < -0.3 is 10.2 Å². The summed E-state index contributed by atoms with van der Waals surface area (Å²) in [5.41, 5.74) is 2.14. The summed E-state index contributed by atoms with van der Waals surface area (Å²) in [6.45, 7) is 19.6. The molecule has 5 aliphatic carbocycles. The predicted octanol–water partition coefficient (Wildman–Crippen LogP) is 7.00. The van der Waals surface area contributed by atoms with E-state index in [0.29, 0.717) is 23.2 Å². The lowest BCUT2D eigenvalue weighted by Gasteiger charge is -2.70. The zero-order valence-corrected chi connectivity index (χ0v) is 22.2. The van der Waals surface area contributed by atoms with E-state index in [9.17, 15) is 10.2 Å². The Balaban J connectivity index is 1.60.